The smallest absolute Gasteiger partial charge is 0.214 e. The number of rotatable bonds is 2. The van der Waals surface area contributed by atoms with Gasteiger partial charge in [-0.3, -0.25) is 0 Å². The van der Waals surface area contributed by atoms with Crippen LogP contribution in [0.3, 0.4) is 0 Å². The van der Waals surface area contributed by atoms with E-state index >= 15 is 0 Å². The maximum atomic E-state index is 13.9. The fraction of sp³-hybridized carbons (Fsp3) is 0. The molecule has 100 valence electrons. The normalized spacial score (nSPS) is 10.7. The minimum Gasteiger partial charge on any atom is -0.380 e. The molecule has 0 unspecified atom stereocenters. The van der Waals surface area contributed by atoms with Crippen LogP contribution in [0.4, 0.5) is 14.6 Å². The van der Waals surface area contributed by atoms with Crippen LogP contribution in [0.5, 0.6) is 0 Å². The predicted octanol–water partition coefficient (Wildman–Crippen LogP) is 2.66. The van der Waals surface area contributed by atoms with Crippen LogP contribution in [-0.4, -0.2) is 15.1 Å². The highest BCUT2D eigenvalue weighted by Crippen LogP contribution is 2.36. The van der Waals surface area contributed by atoms with Gasteiger partial charge in [0.25, 0.3) is 0 Å². The van der Waals surface area contributed by atoms with Gasteiger partial charge in [-0.2, -0.15) is 0 Å². The molecule has 0 atom stereocenters. The van der Waals surface area contributed by atoms with Crippen molar-refractivity contribution in [2.45, 2.75) is 0 Å². The Balaban J connectivity index is 2.22. The molecule has 0 amide bonds. The molecule has 0 saturated carbocycles. The van der Waals surface area contributed by atoms with E-state index in [-0.39, 0.29) is 28.5 Å². The second-order valence-electron chi connectivity index (χ2n) is 3.97. The van der Waals surface area contributed by atoms with Crippen LogP contribution in [0.15, 0.2) is 41.2 Å². The molecule has 3 aromatic rings. The van der Waals surface area contributed by atoms with E-state index in [1.807, 2.05) is 0 Å². The first-order valence-electron chi connectivity index (χ1n) is 5.65. The van der Waals surface area contributed by atoms with Crippen molar-refractivity contribution >= 4 is 5.82 Å². The van der Waals surface area contributed by atoms with Gasteiger partial charge < -0.3 is 10.3 Å². The number of nitrogens with zero attached hydrogens (tertiary/aromatic N) is 3. The van der Waals surface area contributed by atoms with Gasteiger partial charge >= 0.3 is 0 Å². The third kappa shape index (κ3) is 1.99. The monoisotopic (exact) mass is 274 g/mol. The molecule has 2 N–H and O–H groups in total. The van der Waals surface area contributed by atoms with E-state index in [2.05, 4.69) is 15.1 Å². The fourth-order valence-electron chi connectivity index (χ4n) is 1.82. The first-order chi connectivity index (χ1) is 9.66. The Morgan fingerprint density at radius 2 is 1.85 bits per heavy atom. The van der Waals surface area contributed by atoms with E-state index in [0.29, 0.717) is 0 Å². The Hall–Kier alpha value is -2.83. The molecule has 0 aliphatic heterocycles. The summed E-state index contributed by atoms with van der Waals surface area (Å²) >= 11 is 0. The Bertz CT molecular complexity index is 758. The van der Waals surface area contributed by atoms with E-state index in [0.717, 1.165) is 12.1 Å². The van der Waals surface area contributed by atoms with Crippen molar-refractivity contribution in [3.05, 3.63) is 48.3 Å². The van der Waals surface area contributed by atoms with Crippen molar-refractivity contribution in [3.8, 4) is 22.7 Å². The zero-order chi connectivity index (χ0) is 14.1. The molecule has 0 bridgehead atoms. The molecule has 1 aromatic carbocycles. The molecule has 2 heterocycles. The van der Waals surface area contributed by atoms with Gasteiger partial charge in [-0.25, -0.2) is 18.7 Å². The summed E-state index contributed by atoms with van der Waals surface area (Å²) in [4.78, 5) is 8.00. The minimum atomic E-state index is -0.767. The predicted molar refractivity (Wildman–Crippen MR) is 67.3 cm³/mol. The third-order valence-electron chi connectivity index (χ3n) is 2.69. The number of hydrogen-bond acceptors (Lipinski definition) is 5. The van der Waals surface area contributed by atoms with Crippen LogP contribution in [-0.2, 0) is 0 Å². The van der Waals surface area contributed by atoms with E-state index in [9.17, 15) is 8.78 Å². The summed E-state index contributed by atoms with van der Waals surface area (Å²) in [5.41, 5.74) is 5.98. The molecule has 0 spiro atoms. The molecule has 20 heavy (non-hydrogen) atoms. The number of aromatic nitrogens is 3. The van der Waals surface area contributed by atoms with Gasteiger partial charge in [0.1, 0.15) is 11.6 Å². The number of hydrogen-bond donors (Lipinski definition) is 1. The van der Waals surface area contributed by atoms with Gasteiger partial charge in [-0.1, -0.05) is 5.16 Å². The summed E-state index contributed by atoms with van der Waals surface area (Å²) in [7, 11) is 0. The van der Waals surface area contributed by atoms with Gasteiger partial charge in [0.15, 0.2) is 11.6 Å². The zero-order valence-electron chi connectivity index (χ0n) is 10.0. The van der Waals surface area contributed by atoms with E-state index in [4.69, 9.17) is 10.3 Å². The second-order valence-corrected chi connectivity index (χ2v) is 3.97. The molecule has 0 saturated heterocycles. The molecule has 2 aromatic heterocycles. The average molecular weight is 274 g/mol. The molecule has 0 aliphatic rings. The highest BCUT2D eigenvalue weighted by atomic mass is 19.1. The highest BCUT2D eigenvalue weighted by Gasteiger charge is 2.22. The lowest BCUT2D eigenvalue weighted by molar-refractivity contribution is 0.433. The van der Waals surface area contributed by atoms with Gasteiger partial charge in [0.2, 0.25) is 5.76 Å². The van der Waals surface area contributed by atoms with Crippen molar-refractivity contribution in [3.63, 3.8) is 0 Å². The molecule has 5 nitrogen and oxygen atoms in total. The van der Waals surface area contributed by atoms with Crippen molar-refractivity contribution in [2.24, 2.45) is 0 Å². The topological polar surface area (TPSA) is 77.8 Å². The summed E-state index contributed by atoms with van der Waals surface area (Å²) in [5.74, 6) is -1.11. The lowest BCUT2D eigenvalue weighted by atomic mass is 10.0. The SMILES string of the molecule is Nc1noc(-c2ncccn2)c1-c1ccc(F)cc1F. The van der Waals surface area contributed by atoms with E-state index in [1.54, 1.807) is 6.07 Å². The number of nitrogen functional groups attached to an aromatic ring is 1. The fourth-order valence-corrected chi connectivity index (χ4v) is 1.82. The summed E-state index contributed by atoms with van der Waals surface area (Å²) in [5, 5.41) is 3.60. The molecule has 7 heteroatoms. The van der Waals surface area contributed by atoms with Gasteiger partial charge in [0.05, 0.1) is 5.56 Å². The quantitative estimate of drug-likeness (QED) is 0.777. The minimum absolute atomic E-state index is 0.0158. The summed E-state index contributed by atoms with van der Waals surface area (Å²) < 4.78 is 31.9. The van der Waals surface area contributed by atoms with Gasteiger partial charge in [-0.05, 0) is 18.2 Å². The van der Waals surface area contributed by atoms with Crippen LogP contribution >= 0.6 is 0 Å². The standard InChI is InChI=1S/C13H8F2N4O/c14-7-2-3-8(9(15)6-7)10-11(20-19-12(10)16)13-17-4-1-5-18-13/h1-6H,(H2,16,19). The maximum absolute atomic E-state index is 13.9. The molecular weight excluding hydrogens is 266 g/mol. The lowest BCUT2D eigenvalue weighted by Crippen LogP contribution is -1.94. The highest BCUT2D eigenvalue weighted by molar-refractivity contribution is 5.84. The number of halogens is 2. The lowest BCUT2D eigenvalue weighted by Gasteiger charge is -2.03. The van der Waals surface area contributed by atoms with E-state index < -0.39 is 11.6 Å². The van der Waals surface area contributed by atoms with Crippen molar-refractivity contribution in [1.82, 2.24) is 15.1 Å². The number of nitrogens with two attached hydrogens (primary N) is 1. The van der Waals surface area contributed by atoms with Crippen molar-refractivity contribution in [2.75, 3.05) is 5.73 Å². The van der Waals surface area contributed by atoms with Gasteiger partial charge in [0, 0.05) is 24.0 Å². The van der Waals surface area contributed by atoms with Crippen LogP contribution in [0.1, 0.15) is 0 Å². The molecule has 0 aliphatic carbocycles. The van der Waals surface area contributed by atoms with Gasteiger partial charge in [-0.15, -0.1) is 0 Å². The van der Waals surface area contributed by atoms with E-state index in [1.165, 1.54) is 18.5 Å². The Morgan fingerprint density at radius 1 is 1.10 bits per heavy atom. The molecule has 0 radical (unpaired) electrons. The molecule has 3 rings (SSSR count). The average Bonchev–Trinajstić information content (AvgIpc) is 2.82. The Labute approximate surface area is 112 Å². The number of anilines is 1. The van der Waals surface area contributed by atoms with Crippen LogP contribution in [0.2, 0.25) is 0 Å². The van der Waals surface area contributed by atoms with Crippen molar-refractivity contribution in [1.29, 1.82) is 0 Å². The number of benzene rings is 1. The zero-order valence-corrected chi connectivity index (χ0v) is 10.0. The van der Waals surface area contributed by atoms with Crippen LogP contribution in [0.25, 0.3) is 22.7 Å². The summed E-state index contributed by atoms with van der Waals surface area (Å²) in [6.45, 7) is 0. The maximum Gasteiger partial charge on any atom is 0.214 e. The molecule has 0 fully saturated rings. The Morgan fingerprint density at radius 3 is 2.55 bits per heavy atom. The first kappa shape index (κ1) is 12.2. The third-order valence-corrected chi connectivity index (χ3v) is 2.69. The Kier molecular flexibility index (Phi) is 2.86. The second kappa shape index (κ2) is 4.69. The largest absolute Gasteiger partial charge is 0.380 e. The molecular formula is C13H8F2N4O. The summed E-state index contributed by atoms with van der Waals surface area (Å²) in [6, 6.07) is 4.78. The first-order valence-corrected chi connectivity index (χ1v) is 5.65. The van der Waals surface area contributed by atoms with Crippen LogP contribution in [0, 0.1) is 11.6 Å². The van der Waals surface area contributed by atoms with Crippen molar-refractivity contribution < 1.29 is 13.3 Å². The summed E-state index contributed by atoms with van der Waals surface area (Å²) in [6.07, 6.45) is 3.01. The van der Waals surface area contributed by atoms with Crippen LogP contribution < -0.4 is 5.73 Å².